The molecular weight excluding hydrogens is 457 g/mol. The van der Waals surface area contributed by atoms with E-state index in [1.807, 2.05) is 6.92 Å². The van der Waals surface area contributed by atoms with Crippen molar-refractivity contribution in [2.24, 2.45) is 11.8 Å². The monoisotopic (exact) mass is 481 g/mol. The highest BCUT2D eigenvalue weighted by atomic mass is 35.5. The average molecular weight is 482 g/mol. The number of benzene rings is 1. The minimum Gasteiger partial charge on any atom is -0.468 e. The molecule has 0 amide bonds. The first-order valence-corrected chi connectivity index (χ1v) is 10.9. The standard InChI is InChI=1S/C23H25Cl2NO6/c1-11-9-16-20(21(27)17(11)22(28)31-4)19(13-5-6-14(24)15(25)10-13)18(12(2)26-16)23(29)32-8-7-30-3/h5-6,10-11,17,19,26H,7-9H2,1-4H3. The van der Waals surface area contributed by atoms with Crippen molar-refractivity contribution in [3.05, 3.63) is 56.3 Å². The van der Waals surface area contributed by atoms with Crippen LogP contribution in [0.25, 0.3) is 0 Å². The Morgan fingerprint density at radius 2 is 1.88 bits per heavy atom. The van der Waals surface area contributed by atoms with Crippen molar-refractivity contribution in [3.8, 4) is 0 Å². The summed E-state index contributed by atoms with van der Waals surface area (Å²) < 4.78 is 15.2. The number of esters is 2. The SMILES string of the molecule is COCCOC(=O)C1=C(C)NC2=C(C(=O)C(C(=O)OC)C(C)C2)C1c1ccc(Cl)c(Cl)c1. The number of rotatable bonds is 6. The van der Waals surface area contributed by atoms with Crippen molar-refractivity contribution in [2.75, 3.05) is 27.4 Å². The molecule has 0 fully saturated rings. The highest BCUT2D eigenvalue weighted by Gasteiger charge is 2.47. The van der Waals surface area contributed by atoms with E-state index < -0.39 is 23.8 Å². The molecule has 1 aromatic rings. The van der Waals surface area contributed by atoms with E-state index in [-0.39, 0.29) is 35.5 Å². The summed E-state index contributed by atoms with van der Waals surface area (Å²) in [7, 11) is 2.76. The smallest absolute Gasteiger partial charge is 0.336 e. The van der Waals surface area contributed by atoms with Crippen molar-refractivity contribution in [2.45, 2.75) is 26.2 Å². The predicted octanol–water partition coefficient (Wildman–Crippen LogP) is 3.80. The molecule has 0 aromatic heterocycles. The van der Waals surface area contributed by atoms with E-state index in [1.54, 1.807) is 25.1 Å². The Labute approximate surface area is 196 Å². The minimum atomic E-state index is -0.963. The summed E-state index contributed by atoms with van der Waals surface area (Å²) in [5.41, 5.74) is 2.44. The maximum Gasteiger partial charge on any atom is 0.336 e. The third-order valence-electron chi connectivity index (χ3n) is 5.76. The van der Waals surface area contributed by atoms with Gasteiger partial charge < -0.3 is 19.5 Å². The fourth-order valence-corrected chi connectivity index (χ4v) is 4.58. The van der Waals surface area contributed by atoms with Gasteiger partial charge in [-0.25, -0.2) is 4.79 Å². The summed E-state index contributed by atoms with van der Waals surface area (Å²) in [5.74, 6) is -3.58. The van der Waals surface area contributed by atoms with Crippen LogP contribution in [0, 0.1) is 11.8 Å². The van der Waals surface area contributed by atoms with Crippen molar-refractivity contribution in [1.82, 2.24) is 5.32 Å². The number of hydrogen-bond acceptors (Lipinski definition) is 7. The molecule has 0 saturated carbocycles. The fraction of sp³-hybridized carbons (Fsp3) is 0.435. The van der Waals surface area contributed by atoms with Crippen LogP contribution in [0.4, 0.5) is 0 Å². The molecule has 1 heterocycles. The van der Waals surface area contributed by atoms with Gasteiger partial charge in [0, 0.05) is 30.0 Å². The molecule has 0 spiro atoms. The van der Waals surface area contributed by atoms with Crippen molar-refractivity contribution < 1.29 is 28.6 Å². The molecule has 0 radical (unpaired) electrons. The first kappa shape index (κ1) is 24.3. The zero-order chi connectivity index (χ0) is 23.6. The van der Waals surface area contributed by atoms with Crippen molar-refractivity contribution >= 4 is 40.9 Å². The van der Waals surface area contributed by atoms with E-state index in [1.165, 1.54) is 14.2 Å². The number of ketones is 1. The molecule has 2 aliphatic rings. The lowest BCUT2D eigenvalue weighted by atomic mass is 9.69. The Bertz CT molecular complexity index is 1020. The Morgan fingerprint density at radius 1 is 1.16 bits per heavy atom. The molecule has 32 heavy (non-hydrogen) atoms. The maximum atomic E-state index is 13.6. The Balaban J connectivity index is 2.14. The van der Waals surface area contributed by atoms with Crippen LogP contribution < -0.4 is 5.32 Å². The first-order valence-electron chi connectivity index (χ1n) is 10.1. The van der Waals surface area contributed by atoms with E-state index in [4.69, 9.17) is 37.4 Å². The second-order valence-electron chi connectivity index (χ2n) is 7.84. The highest BCUT2D eigenvalue weighted by Crippen LogP contribution is 2.46. The molecule has 172 valence electrons. The third-order valence-corrected chi connectivity index (χ3v) is 6.50. The zero-order valence-electron chi connectivity index (χ0n) is 18.3. The van der Waals surface area contributed by atoms with Crippen molar-refractivity contribution in [1.29, 1.82) is 0 Å². The number of hydrogen-bond donors (Lipinski definition) is 1. The summed E-state index contributed by atoms with van der Waals surface area (Å²) in [6.45, 7) is 3.87. The molecule has 0 bridgehead atoms. The molecule has 0 saturated heterocycles. The lowest BCUT2D eigenvalue weighted by molar-refractivity contribution is -0.151. The lowest BCUT2D eigenvalue weighted by Gasteiger charge is -2.38. The summed E-state index contributed by atoms with van der Waals surface area (Å²) in [4.78, 5) is 39.1. The van der Waals surface area contributed by atoms with Crippen LogP contribution in [-0.4, -0.2) is 45.2 Å². The molecule has 3 unspecified atom stereocenters. The second kappa shape index (κ2) is 10.1. The number of methoxy groups -OCH3 is 2. The van der Waals surface area contributed by atoms with E-state index >= 15 is 0 Å². The van der Waals surface area contributed by atoms with Crippen LogP contribution in [0.1, 0.15) is 31.7 Å². The topological polar surface area (TPSA) is 90.9 Å². The molecule has 9 heteroatoms. The summed E-state index contributed by atoms with van der Waals surface area (Å²) in [5, 5.41) is 3.83. The minimum absolute atomic E-state index is 0.0574. The van der Waals surface area contributed by atoms with Crippen LogP contribution in [0.2, 0.25) is 10.0 Å². The van der Waals surface area contributed by atoms with Gasteiger partial charge in [0.2, 0.25) is 0 Å². The zero-order valence-corrected chi connectivity index (χ0v) is 19.8. The molecule has 1 aliphatic heterocycles. The van der Waals surface area contributed by atoms with Gasteiger partial charge in [-0.05, 0) is 37.0 Å². The van der Waals surface area contributed by atoms with Gasteiger partial charge in [-0.2, -0.15) is 0 Å². The highest BCUT2D eigenvalue weighted by molar-refractivity contribution is 6.42. The van der Waals surface area contributed by atoms with Crippen LogP contribution in [0.3, 0.4) is 0 Å². The molecule has 1 N–H and O–H groups in total. The van der Waals surface area contributed by atoms with Gasteiger partial charge in [0.15, 0.2) is 5.78 Å². The number of ether oxygens (including phenoxy) is 3. The van der Waals surface area contributed by atoms with Gasteiger partial charge in [-0.1, -0.05) is 36.2 Å². The molecular formula is C23H25Cl2NO6. The largest absolute Gasteiger partial charge is 0.468 e. The maximum absolute atomic E-state index is 13.6. The summed E-state index contributed by atoms with van der Waals surface area (Å²) in [6, 6.07) is 4.94. The Hall–Kier alpha value is -2.35. The second-order valence-corrected chi connectivity index (χ2v) is 8.65. The summed E-state index contributed by atoms with van der Waals surface area (Å²) >= 11 is 12.4. The number of nitrogens with one attached hydrogen (secondary N) is 1. The Kier molecular flexibility index (Phi) is 7.64. The quantitative estimate of drug-likeness (QED) is 0.375. The van der Waals surface area contributed by atoms with Gasteiger partial charge >= 0.3 is 11.9 Å². The van der Waals surface area contributed by atoms with Gasteiger partial charge in [0.1, 0.15) is 12.5 Å². The van der Waals surface area contributed by atoms with Crippen LogP contribution in [-0.2, 0) is 28.6 Å². The van der Waals surface area contributed by atoms with Gasteiger partial charge in [-0.15, -0.1) is 0 Å². The van der Waals surface area contributed by atoms with Gasteiger partial charge in [0.25, 0.3) is 0 Å². The number of carbonyl (C=O) groups is 3. The molecule has 1 aliphatic carbocycles. The fourth-order valence-electron chi connectivity index (χ4n) is 4.27. The van der Waals surface area contributed by atoms with E-state index in [2.05, 4.69) is 5.32 Å². The molecule has 3 rings (SSSR count). The lowest BCUT2D eigenvalue weighted by Crippen LogP contribution is -2.43. The van der Waals surface area contributed by atoms with Crippen LogP contribution in [0.15, 0.2) is 40.7 Å². The summed E-state index contributed by atoms with van der Waals surface area (Å²) in [6.07, 6.45) is 0.446. The first-order chi connectivity index (χ1) is 15.2. The number of allylic oxidation sites excluding steroid dienone is 3. The van der Waals surface area contributed by atoms with E-state index in [9.17, 15) is 14.4 Å². The Morgan fingerprint density at radius 3 is 2.50 bits per heavy atom. The number of carbonyl (C=O) groups excluding carboxylic acids is 3. The van der Waals surface area contributed by atoms with E-state index in [0.29, 0.717) is 34.0 Å². The average Bonchev–Trinajstić information content (AvgIpc) is 2.74. The number of halogens is 2. The predicted molar refractivity (Wildman–Crippen MR) is 119 cm³/mol. The third kappa shape index (κ3) is 4.56. The van der Waals surface area contributed by atoms with Gasteiger partial charge in [-0.3, -0.25) is 9.59 Å². The van der Waals surface area contributed by atoms with Crippen molar-refractivity contribution in [3.63, 3.8) is 0 Å². The van der Waals surface area contributed by atoms with Crippen LogP contribution in [0.5, 0.6) is 0 Å². The normalized spacial score (nSPS) is 22.9. The number of dihydropyridines is 1. The molecule has 7 nitrogen and oxygen atoms in total. The molecule has 1 aromatic carbocycles. The van der Waals surface area contributed by atoms with Gasteiger partial charge in [0.05, 0.1) is 29.3 Å². The van der Waals surface area contributed by atoms with Crippen LogP contribution >= 0.6 is 23.2 Å². The molecule has 3 atom stereocenters. The van der Waals surface area contributed by atoms with E-state index in [0.717, 1.165) is 0 Å². The number of Topliss-reactive ketones (excluding diaryl/α,β-unsaturated/α-hetero) is 1.